The summed E-state index contributed by atoms with van der Waals surface area (Å²) in [7, 11) is 1.39. The molecule has 10 heteroatoms. The number of benzene rings is 3. The van der Waals surface area contributed by atoms with Crippen molar-refractivity contribution in [1.29, 1.82) is 0 Å². The lowest BCUT2D eigenvalue weighted by atomic mass is 9.74. The number of hydrogen-bond donors (Lipinski definition) is 2. The fourth-order valence-electron chi connectivity index (χ4n) is 6.43. The van der Waals surface area contributed by atoms with Gasteiger partial charge >= 0.3 is 5.97 Å². The number of aliphatic carboxylic acids is 1. The number of aliphatic hydroxyl groups is 1. The van der Waals surface area contributed by atoms with Gasteiger partial charge in [-0.2, -0.15) is 0 Å². The largest absolute Gasteiger partial charge is 0.481 e. The third-order valence-electron chi connectivity index (χ3n) is 8.59. The standard InChI is InChI=1S/C32H32Cl2FNO6/c1-3-31(40,21-10-12-42-13-11-21)23-16-26-29(27(35)17-23)32(41-2,22-5-8-24(33)9-6-22)36(30(26)39)18-19-4-7-25(34)14-20(19)15-28(37)38/h4-9,14,16-17,21,40H,3,10-13,15,18H2,1-2H3,(H,37,38)/t31-,32?/m0/s1. The number of halogens is 3. The van der Waals surface area contributed by atoms with E-state index in [4.69, 9.17) is 32.7 Å². The zero-order chi connectivity index (χ0) is 30.2. The van der Waals surface area contributed by atoms with Crippen LogP contribution in [0.5, 0.6) is 0 Å². The lowest BCUT2D eigenvalue weighted by molar-refractivity contribution is -0.136. The van der Waals surface area contributed by atoms with Crippen molar-refractivity contribution >= 4 is 35.1 Å². The van der Waals surface area contributed by atoms with Crippen LogP contribution in [0.1, 0.15) is 64.4 Å². The highest BCUT2D eigenvalue weighted by Crippen LogP contribution is 2.49. The highest BCUT2D eigenvalue weighted by atomic mass is 35.5. The number of methoxy groups -OCH3 is 1. The molecule has 222 valence electrons. The molecule has 1 amide bonds. The molecule has 3 aromatic rings. The first-order valence-electron chi connectivity index (χ1n) is 13.8. The highest BCUT2D eigenvalue weighted by molar-refractivity contribution is 6.30. The number of rotatable bonds is 9. The first-order chi connectivity index (χ1) is 20.0. The summed E-state index contributed by atoms with van der Waals surface area (Å²) in [5.41, 5.74) is -1.28. The van der Waals surface area contributed by atoms with Crippen LogP contribution in [0, 0.1) is 11.7 Å². The predicted molar refractivity (Wildman–Crippen MR) is 156 cm³/mol. The molecule has 0 saturated carbocycles. The zero-order valence-corrected chi connectivity index (χ0v) is 24.8. The SMILES string of the molecule is CC[C@@](O)(c1cc(F)c2c(c1)C(=O)N(Cc1ccc(Cl)cc1CC(=O)O)C2(OC)c1ccc(Cl)cc1)C1CCOCC1. The molecule has 2 aliphatic rings. The highest BCUT2D eigenvalue weighted by Gasteiger charge is 2.54. The van der Waals surface area contributed by atoms with Gasteiger partial charge in [-0.3, -0.25) is 14.5 Å². The van der Waals surface area contributed by atoms with Crippen molar-refractivity contribution < 1.29 is 33.7 Å². The van der Waals surface area contributed by atoms with E-state index >= 15 is 4.39 Å². The summed E-state index contributed by atoms with van der Waals surface area (Å²) in [6, 6.07) is 14.3. The molecule has 7 nitrogen and oxygen atoms in total. The summed E-state index contributed by atoms with van der Waals surface area (Å²) in [5, 5.41) is 22.2. The molecular weight excluding hydrogens is 584 g/mol. The molecule has 2 aliphatic heterocycles. The Hall–Kier alpha value is -3.01. The molecule has 1 unspecified atom stereocenters. The van der Waals surface area contributed by atoms with E-state index in [0.29, 0.717) is 64.8 Å². The van der Waals surface area contributed by atoms with Crippen LogP contribution in [-0.2, 0) is 38.6 Å². The molecule has 1 fully saturated rings. The van der Waals surface area contributed by atoms with Gasteiger partial charge in [-0.05, 0) is 78.3 Å². The quantitative estimate of drug-likeness (QED) is 0.294. The Labute approximate surface area is 253 Å². The molecule has 5 rings (SSSR count). The second kappa shape index (κ2) is 11.9. The molecule has 0 radical (unpaired) electrons. The molecule has 0 aliphatic carbocycles. The molecule has 0 spiro atoms. The number of carboxylic acid groups (broad SMARTS) is 1. The van der Waals surface area contributed by atoms with E-state index in [9.17, 15) is 19.8 Å². The summed E-state index contributed by atoms with van der Waals surface area (Å²) in [5.74, 6) is -2.45. The summed E-state index contributed by atoms with van der Waals surface area (Å²) >= 11 is 12.4. The number of carbonyl (C=O) groups is 2. The first kappa shape index (κ1) is 30.4. The summed E-state index contributed by atoms with van der Waals surface area (Å²) in [6.45, 7) is 2.73. The number of nitrogens with zero attached hydrogens (tertiary/aromatic N) is 1. The van der Waals surface area contributed by atoms with Crippen LogP contribution < -0.4 is 0 Å². The Kier molecular flexibility index (Phi) is 8.65. The molecule has 1 saturated heterocycles. The van der Waals surface area contributed by atoms with Gasteiger partial charge in [0, 0.05) is 42.5 Å². The minimum absolute atomic E-state index is 0.0141. The van der Waals surface area contributed by atoms with Crippen LogP contribution in [0.4, 0.5) is 4.39 Å². The number of amides is 1. The van der Waals surface area contributed by atoms with Crippen LogP contribution in [0.3, 0.4) is 0 Å². The summed E-state index contributed by atoms with van der Waals surface area (Å²) < 4.78 is 28.1. The van der Waals surface area contributed by atoms with Gasteiger partial charge in [-0.15, -0.1) is 0 Å². The Morgan fingerprint density at radius 2 is 1.76 bits per heavy atom. The van der Waals surface area contributed by atoms with Crippen LogP contribution in [0.15, 0.2) is 54.6 Å². The zero-order valence-electron chi connectivity index (χ0n) is 23.3. The first-order valence-corrected chi connectivity index (χ1v) is 14.6. The number of ether oxygens (including phenoxy) is 2. The van der Waals surface area contributed by atoms with E-state index in [0.717, 1.165) is 0 Å². The lowest BCUT2D eigenvalue weighted by Crippen LogP contribution is -2.46. The topological polar surface area (TPSA) is 96.3 Å². The van der Waals surface area contributed by atoms with Crippen molar-refractivity contribution in [1.82, 2.24) is 4.90 Å². The van der Waals surface area contributed by atoms with Gasteiger partial charge in [-0.1, -0.05) is 48.3 Å². The van der Waals surface area contributed by atoms with E-state index in [1.165, 1.54) is 18.1 Å². The smallest absolute Gasteiger partial charge is 0.307 e. The second-order valence-electron chi connectivity index (χ2n) is 10.8. The van der Waals surface area contributed by atoms with E-state index in [2.05, 4.69) is 0 Å². The van der Waals surface area contributed by atoms with Crippen LogP contribution in [0.25, 0.3) is 0 Å². The van der Waals surface area contributed by atoms with Crippen molar-refractivity contribution in [2.24, 2.45) is 5.92 Å². The van der Waals surface area contributed by atoms with Gasteiger partial charge in [0.25, 0.3) is 5.91 Å². The van der Waals surface area contributed by atoms with Crippen LogP contribution in [-0.4, -0.2) is 47.3 Å². The van der Waals surface area contributed by atoms with E-state index < -0.39 is 29.0 Å². The van der Waals surface area contributed by atoms with Crippen LogP contribution in [0.2, 0.25) is 10.0 Å². The molecular formula is C32H32Cl2FNO6. The number of carboxylic acids is 1. The van der Waals surface area contributed by atoms with Crippen molar-refractivity contribution in [3.63, 3.8) is 0 Å². The maximum atomic E-state index is 16.5. The molecule has 2 heterocycles. The maximum Gasteiger partial charge on any atom is 0.307 e. The van der Waals surface area contributed by atoms with Crippen molar-refractivity contribution in [3.8, 4) is 0 Å². The fraction of sp³-hybridized carbons (Fsp3) is 0.375. The van der Waals surface area contributed by atoms with Gasteiger partial charge in [0.15, 0.2) is 5.72 Å². The number of carbonyl (C=O) groups excluding carboxylic acids is 1. The van der Waals surface area contributed by atoms with E-state index in [1.54, 1.807) is 48.5 Å². The average Bonchev–Trinajstić information content (AvgIpc) is 3.22. The van der Waals surface area contributed by atoms with Crippen molar-refractivity contribution in [3.05, 3.63) is 104 Å². The maximum absolute atomic E-state index is 16.5. The molecule has 3 aromatic carbocycles. The number of hydrogen-bond acceptors (Lipinski definition) is 5. The Bertz CT molecular complexity index is 1510. The van der Waals surface area contributed by atoms with E-state index in [1.807, 2.05) is 6.92 Å². The Balaban J connectivity index is 1.70. The Morgan fingerprint density at radius 3 is 2.38 bits per heavy atom. The average molecular weight is 617 g/mol. The molecule has 42 heavy (non-hydrogen) atoms. The molecule has 0 aromatic heterocycles. The summed E-state index contributed by atoms with van der Waals surface area (Å²) in [4.78, 5) is 27.4. The van der Waals surface area contributed by atoms with Gasteiger partial charge in [0.05, 0.1) is 23.1 Å². The lowest BCUT2D eigenvalue weighted by Gasteiger charge is -2.39. The number of fused-ring (bicyclic) bond motifs is 1. The van der Waals surface area contributed by atoms with Gasteiger partial charge < -0.3 is 19.7 Å². The van der Waals surface area contributed by atoms with Crippen molar-refractivity contribution in [2.45, 2.75) is 50.5 Å². The fourth-order valence-corrected chi connectivity index (χ4v) is 6.75. The second-order valence-corrected chi connectivity index (χ2v) is 11.6. The van der Waals surface area contributed by atoms with Crippen LogP contribution >= 0.6 is 23.2 Å². The molecule has 0 bridgehead atoms. The molecule has 2 N–H and O–H groups in total. The normalized spacial score (nSPS) is 20.4. The third kappa shape index (κ3) is 5.20. The Morgan fingerprint density at radius 1 is 1.10 bits per heavy atom. The third-order valence-corrected chi connectivity index (χ3v) is 9.08. The molecule has 2 atom stereocenters. The van der Waals surface area contributed by atoms with Gasteiger partial charge in [0.2, 0.25) is 0 Å². The minimum atomic E-state index is -1.71. The van der Waals surface area contributed by atoms with Gasteiger partial charge in [-0.25, -0.2) is 4.39 Å². The van der Waals surface area contributed by atoms with Gasteiger partial charge in [0.1, 0.15) is 5.82 Å². The van der Waals surface area contributed by atoms with Crippen molar-refractivity contribution in [2.75, 3.05) is 20.3 Å². The predicted octanol–water partition coefficient (Wildman–Crippen LogP) is 6.29. The monoisotopic (exact) mass is 615 g/mol. The minimum Gasteiger partial charge on any atom is -0.481 e. The summed E-state index contributed by atoms with van der Waals surface area (Å²) in [6.07, 6.45) is 1.22. The van der Waals surface area contributed by atoms with E-state index in [-0.39, 0.29) is 30.0 Å².